The van der Waals surface area contributed by atoms with Crippen molar-refractivity contribution in [3.8, 4) is 11.3 Å². The van der Waals surface area contributed by atoms with E-state index in [4.69, 9.17) is 16.3 Å². The van der Waals surface area contributed by atoms with E-state index in [9.17, 15) is 9.59 Å². The van der Waals surface area contributed by atoms with Gasteiger partial charge in [-0.3, -0.25) is 19.5 Å². The van der Waals surface area contributed by atoms with Crippen LogP contribution in [0.2, 0.25) is 5.02 Å². The van der Waals surface area contributed by atoms with Gasteiger partial charge in [-0.1, -0.05) is 25.4 Å². The molecule has 1 saturated carbocycles. The quantitative estimate of drug-likeness (QED) is 0.494. The van der Waals surface area contributed by atoms with Crippen LogP contribution in [0.15, 0.2) is 24.4 Å². The van der Waals surface area contributed by atoms with Crippen molar-refractivity contribution in [3.05, 3.63) is 40.0 Å². The van der Waals surface area contributed by atoms with Crippen LogP contribution in [0.25, 0.3) is 21.5 Å². The molecule has 3 aliphatic rings. The van der Waals surface area contributed by atoms with Crippen LogP contribution in [0.4, 0.5) is 0 Å². The lowest BCUT2D eigenvalue weighted by Crippen LogP contribution is -2.40. The van der Waals surface area contributed by atoms with Gasteiger partial charge in [-0.05, 0) is 30.5 Å². The van der Waals surface area contributed by atoms with E-state index in [1.807, 2.05) is 39.0 Å². The SMILES string of the molecule is Cc1c(Cl)cc(-c2ccnc3cc(CN4C(=O)C5C(C4=O)C5(C)C)sc23)n1C[C@@H]1CNCCO1.Cl. The number of carbonyl (C=O) groups excluding carboxylic acids is 2. The molecule has 1 aliphatic carbocycles. The minimum atomic E-state index is -0.195. The van der Waals surface area contributed by atoms with Crippen LogP contribution >= 0.6 is 35.3 Å². The lowest BCUT2D eigenvalue weighted by atomic mass is 10.1. The predicted octanol–water partition coefficient (Wildman–Crippen LogP) is 4.28. The Morgan fingerprint density at radius 1 is 1.26 bits per heavy atom. The van der Waals surface area contributed by atoms with Gasteiger partial charge in [0, 0.05) is 35.4 Å². The highest BCUT2D eigenvalue weighted by Gasteiger charge is 2.72. The smallest absolute Gasteiger partial charge is 0.234 e. The molecule has 0 aromatic carbocycles. The second-order valence-corrected chi connectivity index (χ2v) is 11.6. The van der Waals surface area contributed by atoms with E-state index >= 15 is 0 Å². The monoisotopic (exact) mass is 534 g/mol. The number of carbonyl (C=O) groups is 2. The van der Waals surface area contributed by atoms with Gasteiger partial charge in [-0.15, -0.1) is 23.7 Å². The number of piperidine rings is 1. The van der Waals surface area contributed by atoms with Gasteiger partial charge >= 0.3 is 0 Å². The summed E-state index contributed by atoms with van der Waals surface area (Å²) in [7, 11) is 0. The molecular weight excluding hydrogens is 507 g/mol. The number of halogens is 2. The molecule has 0 spiro atoms. The topological polar surface area (TPSA) is 76.5 Å². The number of rotatable bonds is 5. The first-order valence-electron chi connectivity index (χ1n) is 11.7. The van der Waals surface area contributed by atoms with E-state index in [1.165, 1.54) is 4.90 Å². The summed E-state index contributed by atoms with van der Waals surface area (Å²) < 4.78 is 9.19. The van der Waals surface area contributed by atoms with E-state index in [1.54, 1.807) is 17.5 Å². The number of morpholine rings is 1. The maximum Gasteiger partial charge on any atom is 0.234 e. The standard InChI is InChI=1S/C25H27ClN4O3S.ClH/c1-13-17(26)9-19(29(13)11-14-10-27-6-7-33-14)16-4-5-28-18-8-15(34-22(16)18)12-30-23(31)20-21(24(30)32)25(20,2)3;/h4-5,8-9,14,20-21,27H,6-7,10-12H2,1-3H3;1H/t14-,20?,21?;/m0./s1. The average Bonchev–Trinajstić information content (AvgIpc) is 3.08. The number of hydrogen-bond acceptors (Lipinski definition) is 6. The summed E-state index contributed by atoms with van der Waals surface area (Å²) in [4.78, 5) is 32.6. The second-order valence-electron chi connectivity index (χ2n) is 10.1. The minimum Gasteiger partial charge on any atom is -0.374 e. The number of thiophene rings is 1. The zero-order chi connectivity index (χ0) is 23.8. The third-order valence-electron chi connectivity index (χ3n) is 7.64. The van der Waals surface area contributed by atoms with Crippen molar-refractivity contribution in [3.63, 3.8) is 0 Å². The van der Waals surface area contributed by atoms with Gasteiger partial charge in [-0.25, -0.2) is 0 Å². The van der Waals surface area contributed by atoms with E-state index in [2.05, 4.69) is 14.9 Å². The molecule has 3 aromatic rings. The molecule has 0 radical (unpaired) electrons. The largest absolute Gasteiger partial charge is 0.374 e. The molecule has 2 aliphatic heterocycles. The highest BCUT2D eigenvalue weighted by molar-refractivity contribution is 7.19. The summed E-state index contributed by atoms with van der Waals surface area (Å²) in [6.07, 6.45) is 1.88. The average molecular weight is 535 g/mol. The van der Waals surface area contributed by atoms with Crippen molar-refractivity contribution in [2.45, 2.75) is 40.0 Å². The highest BCUT2D eigenvalue weighted by Crippen LogP contribution is 2.63. The minimum absolute atomic E-state index is 0. The molecule has 7 nitrogen and oxygen atoms in total. The Morgan fingerprint density at radius 2 is 2.00 bits per heavy atom. The van der Waals surface area contributed by atoms with Crippen LogP contribution in [0.3, 0.4) is 0 Å². The summed E-state index contributed by atoms with van der Waals surface area (Å²) in [5, 5.41) is 4.11. The third-order valence-corrected chi connectivity index (χ3v) is 9.16. The van der Waals surface area contributed by atoms with Crippen molar-refractivity contribution >= 4 is 57.4 Å². The summed E-state index contributed by atoms with van der Waals surface area (Å²) in [5.41, 5.74) is 3.73. The van der Waals surface area contributed by atoms with Crippen LogP contribution in [0.5, 0.6) is 0 Å². The van der Waals surface area contributed by atoms with Gasteiger partial charge in [0.1, 0.15) is 0 Å². The van der Waals surface area contributed by atoms with Crippen LogP contribution in [-0.2, 0) is 27.4 Å². The fourth-order valence-corrected chi connectivity index (χ4v) is 6.92. The molecule has 6 rings (SSSR count). The van der Waals surface area contributed by atoms with Crippen molar-refractivity contribution in [2.24, 2.45) is 17.3 Å². The van der Waals surface area contributed by atoms with E-state index < -0.39 is 0 Å². The Labute approximate surface area is 219 Å². The summed E-state index contributed by atoms with van der Waals surface area (Å²) >= 11 is 8.16. The van der Waals surface area contributed by atoms with Crippen LogP contribution in [-0.4, -0.2) is 52.1 Å². The Morgan fingerprint density at radius 3 is 2.69 bits per heavy atom. The summed E-state index contributed by atoms with van der Waals surface area (Å²) in [6, 6.07) is 6.01. The van der Waals surface area contributed by atoms with Crippen LogP contribution in [0.1, 0.15) is 24.4 Å². The lowest BCUT2D eigenvalue weighted by Gasteiger charge is -2.25. The zero-order valence-electron chi connectivity index (χ0n) is 19.8. The van der Waals surface area contributed by atoms with Crippen molar-refractivity contribution in [2.75, 3.05) is 19.7 Å². The van der Waals surface area contributed by atoms with Crippen LogP contribution < -0.4 is 5.32 Å². The first kappa shape index (κ1) is 24.7. The fraction of sp³-hybridized carbons (Fsp3) is 0.480. The van der Waals surface area contributed by atoms with E-state index in [-0.39, 0.29) is 47.6 Å². The normalized spacial score (nSPS) is 25.1. The number of likely N-dealkylation sites (tertiary alicyclic amines) is 1. The van der Waals surface area contributed by atoms with Gasteiger partial charge in [0.25, 0.3) is 0 Å². The molecule has 5 heterocycles. The maximum atomic E-state index is 12.8. The Kier molecular flexibility index (Phi) is 6.25. The number of amides is 2. The second kappa shape index (κ2) is 8.85. The number of ether oxygens (including phenoxy) is 1. The molecule has 3 atom stereocenters. The first-order chi connectivity index (χ1) is 16.3. The molecule has 0 bridgehead atoms. The Balaban J connectivity index is 0.00000253. The maximum absolute atomic E-state index is 12.8. The lowest BCUT2D eigenvalue weighted by molar-refractivity contribution is -0.143. The Hall–Kier alpha value is -1.97. The molecule has 1 N–H and O–H groups in total. The molecule has 2 unspecified atom stereocenters. The van der Waals surface area contributed by atoms with Gasteiger partial charge in [0.05, 0.1) is 58.6 Å². The van der Waals surface area contributed by atoms with Gasteiger partial charge in [0.2, 0.25) is 11.8 Å². The third kappa shape index (κ3) is 3.90. The molecule has 2 saturated heterocycles. The number of imide groups is 1. The number of nitrogens with one attached hydrogen (secondary N) is 1. The summed E-state index contributed by atoms with van der Waals surface area (Å²) in [5.74, 6) is -0.396. The molecular formula is C25H28Cl2N4O3S. The molecule has 3 fully saturated rings. The van der Waals surface area contributed by atoms with E-state index in [0.717, 1.165) is 50.2 Å². The van der Waals surface area contributed by atoms with E-state index in [0.29, 0.717) is 19.7 Å². The van der Waals surface area contributed by atoms with Crippen LogP contribution in [0, 0.1) is 24.2 Å². The van der Waals surface area contributed by atoms with Gasteiger partial charge in [-0.2, -0.15) is 0 Å². The van der Waals surface area contributed by atoms with Crippen molar-refractivity contribution in [1.82, 2.24) is 19.8 Å². The molecule has 3 aromatic heterocycles. The molecule has 10 heteroatoms. The van der Waals surface area contributed by atoms with Gasteiger partial charge in [0.15, 0.2) is 0 Å². The van der Waals surface area contributed by atoms with Gasteiger partial charge < -0.3 is 14.6 Å². The number of hydrogen-bond donors (Lipinski definition) is 1. The summed E-state index contributed by atoms with van der Waals surface area (Å²) in [6.45, 7) is 9.43. The number of fused-ring (bicyclic) bond motifs is 2. The Bertz CT molecular complexity index is 1300. The van der Waals surface area contributed by atoms with Crippen molar-refractivity contribution < 1.29 is 14.3 Å². The highest BCUT2D eigenvalue weighted by atomic mass is 35.5. The molecule has 35 heavy (non-hydrogen) atoms. The number of nitrogens with zero attached hydrogens (tertiary/aromatic N) is 3. The number of aromatic nitrogens is 2. The molecule has 186 valence electrons. The zero-order valence-corrected chi connectivity index (χ0v) is 22.2. The molecule has 2 amide bonds. The first-order valence-corrected chi connectivity index (χ1v) is 12.9. The predicted molar refractivity (Wildman–Crippen MR) is 139 cm³/mol. The van der Waals surface area contributed by atoms with Crippen molar-refractivity contribution in [1.29, 1.82) is 0 Å². The number of pyridine rings is 1. The fourth-order valence-electron chi connectivity index (χ4n) is 5.59.